The van der Waals surface area contributed by atoms with E-state index < -0.39 is 11.9 Å². The van der Waals surface area contributed by atoms with E-state index in [9.17, 15) is 9.59 Å². The quantitative estimate of drug-likeness (QED) is 0.781. The van der Waals surface area contributed by atoms with Gasteiger partial charge in [-0.1, -0.05) is 18.2 Å². The van der Waals surface area contributed by atoms with Crippen molar-refractivity contribution in [2.24, 2.45) is 0 Å². The fourth-order valence-corrected chi connectivity index (χ4v) is 2.79. The molecule has 0 unspecified atom stereocenters. The molecule has 0 aromatic heterocycles. The second-order valence-electron chi connectivity index (χ2n) is 5.39. The minimum absolute atomic E-state index is 0.141. The van der Waals surface area contributed by atoms with Gasteiger partial charge in [0.05, 0.1) is 33.0 Å². The van der Waals surface area contributed by atoms with E-state index in [1.807, 2.05) is 0 Å². The molecule has 6 nitrogen and oxygen atoms in total. The van der Waals surface area contributed by atoms with Crippen molar-refractivity contribution >= 4 is 11.9 Å². The summed E-state index contributed by atoms with van der Waals surface area (Å²) in [7, 11) is 2.95. The molecular formula is C19H18O6. The van der Waals surface area contributed by atoms with Crippen molar-refractivity contribution in [1.82, 2.24) is 0 Å². The van der Waals surface area contributed by atoms with Gasteiger partial charge in [-0.15, -0.1) is 0 Å². The molecule has 0 N–H and O–H groups in total. The Morgan fingerprint density at radius 1 is 0.800 bits per heavy atom. The fraction of sp³-hybridized carbons (Fsp3) is 0.263. The van der Waals surface area contributed by atoms with Gasteiger partial charge in [-0.3, -0.25) is 0 Å². The number of esters is 2. The van der Waals surface area contributed by atoms with Crippen molar-refractivity contribution < 1.29 is 28.5 Å². The third-order valence-electron chi connectivity index (χ3n) is 3.94. The van der Waals surface area contributed by atoms with Crippen LogP contribution in [0.3, 0.4) is 0 Å². The van der Waals surface area contributed by atoms with Gasteiger partial charge < -0.3 is 18.9 Å². The average molecular weight is 342 g/mol. The summed E-state index contributed by atoms with van der Waals surface area (Å²) in [6.07, 6.45) is 0.418. The van der Waals surface area contributed by atoms with Crippen molar-refractivity contribution in [2.75, 3.05) is 27.4 Å². The molecular weight excluding hydrogens is 324 g/mol. The Morgan fingerprint density at radius 3 is 2.16 bits per heavy atom. The van der Waals surface area contributed by atoms with Crippen LogP contribution in [0, 0.1) is 0 Å². The van der Waals surface area contributed by atoms with Crippen molar-refractivity contribution in [3.8, 4) is 22.6 Å². The van der Waals surface area contributed by atoms with Crippen LogP contribution in [0.4, 0.5) is 0 Å². The first-order valence-electron chi connectivity index (χ1n) is 7.86. The van der Waals surface area contributed by atoms with E-state index in [2.05, 4.69) is 0 Å². The molecule has 0 aliphatic carbocycles. The molecule has 0 bridgehead atoms. The summed E-state index contributed by atoms with van der Waals surface area (Å²) in [6, 6.07) is 10.4. The first-order valence-corrected chi connectivity index (χ1v) is 7.86. The molecule has 25 heavy (non-hydrogen) atoms. The fourth-order valence-electron chi connectivity index (χ4n) is 2.79. The highest BCUT2D eigenvalue weighted by Gasteiger charge is 2.26. The first-order chi connectivity index (χ1) is 12.2. The number of ether oxygens (including phenoxy) is 4. The summed E-state index contributed by atoms with van der Waals surface area (Å²) in [5.41, 5.74) is 1.70. The van der Waals surface area contributed by atoms with Crippen LogP contribution in [-0.4, -0.2) is 39.4 Å². The maximum Gasteiger partial charge on any atom is 0.342 e. The number of hydrogen-bond acceptors (Lipinski definition) is 6. The first kappa shape index (κ1) is 16.8. The highest BCUT2D eigenvalue weighted by atomic mass is 16.5. The number of benzene rings is 2. The molecule has 0 amide bonds. The van der Waals surface area contributed by atoms with E-state index in [4.69, 9.17) is 18.9 Å². The lowest BCUT2D eigenvalue weighted by Gasteiger charge is -2.17. The summed E-state index contributed by atoms with van der Waals surface area (Å²) in [5, 5.41) is 0. The van der Waals surface area contributed by atoms with E-state index in [-0.39, 0.29) is 24.5 Å². The molecule has 2 aromatic rings. The predicted octanol–water partition coefficient (Wildman–Crippen LogP) is 3.09. The Labute approximate surface area is 145 Å². The summed E-state index contributed by atoms with van der Waals surface area (Å²) < 4.78 is 21.3. The minimum atomic E-state index is -0.532. The van der Waals surface area contributed by atoms with Crippen molar-refractivity contribution in [2.45, 2.75) is 6.42 Å². The van der Waals surface area contributed by atoms with Gasteiger partial charge in [-0.25, -0.2) is 9.59 Å². The molecule has 1 aliphatic heterocycles. The summed E-state index contributed by atoms with van der Waals surface area (Å²) in [6.45, 7) is 0.319. The Kier molecular flexibility index (Phi) is 4.88. The lowest BCUT2D eigenvalue weighted by Crippen LogP contribution is -2.11. The van der Waals surface area contributed by atoms with Gasteiger partial charge in [0.25, 0.3) is 0 Å². The molecule has 1 heterocycles. The lowest BCUT2D eigenvalue weighted by molar-refractivity contribution is 0.0398. The van der Waals surface area contributed by atoms with E-state index in [1.54, 1.807) is 36.4 Å². The van der Waals surface area contributed by atoms with Gasteiger partial charge in [0.2, 0.25) is 0 Å². The monoisotopic (exact) mass is 342 g/mol. The average Bonchev–Trinajstić information content (AvgIpc) is 2.67. The Morgan fingerprint density at radius 2 is 1.48 bits per heavy atom. The number of carbonyl (C=O) groups excluding carboxylic acids is 2. The van der Waals surface area contributed by atoms with Gasteiger partial charge in [0, 0.05) is 12.0 Å². The maximum absolute atomic E-state index is 12.7. The summed E-state index contributed by atoms with van der Waals surface area (Å²) in [4.78, 5) is 25.1. The summed E-state index contributed by atoms with van der Waals surface area (Å²) >= 11 is 0. The smallest absolute Gasteiger partial charge is 0.342 e. The molecule has 3 rings (SSSR count). The number of carbonyl (C=O) groups is 2. The molecule has 130 valence electrons. The summed E-state index contributed by atoms with van der Waals surface area (Å²) in [5.74, 6) is -0.291. The minimum Gasteiger partial charge on any atom is -0.493 e. The molecule has 0 fully saturated rings. The zero-order valence-corrected chi connectivity index (χ0v) is 14.0. The molecule has 0 spiro atoms. The highest BCUT2D eigenvalue weighted by Crippen LogP contribution is 2.40. The normalized spacial score (nSPS) is 14.3. The van der Waals surface area contributed by atoms with E-state index in [0.29, 0.717) is 28.9 Å². The maximum atomic E-state index is 12.7. The standard InChI is InChI=1S/C19H18O6/c1-22-15-9-8-13-12-6-3-4-7-14(12)18(20)24-10-5-11-25-19(21)16(13)17(15)23-2/h3-4,6-9H,5,10-11H2,1-2H3. The van der Waals surface area contributed by atoms with Crippen molar-refractivity contribution in [3.05, 3.63) is 47.5 Å². The van der Waals surface area contributed by atoms with Crippen molar-refractivity contribution in [1.29, 1.82) is 0 Å². The zero-order valence-electron chi connectivity index (χ0n) is 14.0. The van der Waals surface area contributed by atoms with Gasteiger partial charge in [-0.2, -0.15) is 0 Å². The van der Waals surface area contributed by atoms with E-state index >= 15 is 0 Å². The Bertz CT molecular complexity index is 812. The molecule has 2 aromatic carbocycles. The molecule has 0 atom stereocenters. The van der Waals surface area contributed by atoms with Gasteiger partial charge >= 0.3 is 11.9 Å². The Hall–Kier alpha value is -3.02. The van der Waals surface area contributed by atoms with Crippen LogP contribution in [-0.2, 0) is 9.47 Å². The number of methoxy groups -OCH3 is 2. The van der Waals surface area contributed by atoms with Gasteiger partial charge in [0.1, 0.15) is 5.56 Å². The molecule has 0 saturated carbocycles. The number of cyclic esters (lactones) is 2. The lowest BCUT2D eigenvalue weighted by atomic mass is 9.94. The molecule has 0 saturated heterocycles. The third kappa shape index (κ3) is 3.15. The third-order valence-corrected chi connectivity index (χ3v) is 3.94. The van der Waals surface area contributed by atoms with Crippen LogP contribution in [0.1, 0.15) is 27.1 Å². The van der Waals surface area contributed by atoms with Gasteiger partial charge in [0.15, 0.2) is 11.5 Å². The molecule has 1 aliphatic rings. The number of hydrogen-bond donors (Lipinski definition) is 0. The topological polar surface area (TPSA) is 71.1 Å². The second-order valence-corrected chi connectivity index (χ2v) is 5.39. The van der Waals surface area contributed by atoms with Crippen LogP contribution >= 0.6 is 0 Å². The van der Waals surface area contributed by atoms with Crippen LogP contribution in [0.5, 0.6) is 11.5 Å². The predicted molar refractivity (Wildman–Crippen MR) is 90.2 cm³/mol. The molecule has 0 radical (unpaired) electrons. The van der Waals surface area contributed by atoms with E-state index in [0.717, 1.165) is 0 Å². The number of rotatable bonds is 2. The van der Waals surface area contributed by atoms with Crippen molar-refractivity contribution in [3.63, 3.8) is 0 Å². The zero-order chi connectivity index (χ0) is 17.8. The van der Waals surface area contributed by atoms with E-state index in [1.165, 1.54) is 14.2 Å². The number of fused-ring (bicyclic) bond motifs is 3. The molecule has 6 heteroatoms. The van der Waals surface area contributed by atoms with Crippen LogP contribution in [0.15, 0.2) is 36.4 Å². The van der Waals surface area contributed by atoms with Gasteiger partial charge in [-0.05, 0) is 23.8 Å². The highest BCUT2D eigenvalue weighted by molar-refractivity contribution is 6.05. The van der Waals surface area contributed by atoms with Crippen LogP contribution in [0.25, 0.3) is 11.1 Å². The Balaban J connectivity index is 2.31. The van der Waals surface area contributed by atoms with Crippen LogP contribution in [0.2, 0.25) is 0 Å². The van der Waals surface area contributed by atoms with Crippen LogP contribution < -0.4 is 9.47 Å². The largest absolute Gasteiger partial charge is 0.493 e. The second kappa shape index (κ2) is 7.25. The SMILES string of the molecule is COc1ccc2c(c1OC)C(=O)OCCCOC(=O)c1ccccc1-2.